The van der Waals surface area contributed by atoms with E-state index in [-0.39, 0.29) is 29.6 Å². The molecule has 1 aromatic rings. The van der Waals surface area contributed by atoms with Crippen molar-refractivity contribution in [2.24, 2.45) is 5.92 Å². The molecular weight excluding hydrogens is 301 g/mol. The van der Waals surface area contributed by atoms with E-state index >= 15 is 0 Å². The highest BCUT2D eigenvalue weighted by Crippen LogP contribution is 2.36. The molecular formula is C14H17F3N2OS. The lowest BCUT2D eigenvalue weighted by atomic mass is 9.98. The van der Waals surface area contributed by atoms with Gasteiger partial charge in [-0.3, -0.25) is 4.79 Å². The van der Waals surface area contributed by atoms with Crippen LogP contribution >= 0.6 is 11.8 Å². The number of hydrogen-bond donors (Lipinski definition) is 2. The molecule has 1 aliphatic rings. The van der Waals surface area contributed by atoms with Crippen molar-refractivity contribution in [3.8, 4) is 0 Å². The fraction of sp³-hybridized carbons (Fsp3) is 0.500. The Balaban J connectivity index is 2.06. The van der Waals surface area contributed by atoms with Gasteiger partial charge in [0.25, 0.3) is 0 Å². The van der Waals surface area contributed by atoms with Crippen LogP contribution in [0.3, 0.4) is 0 Å². The molecule has 3 N–H and O–H groups in total. The van der Waals surface area contributed by atoms with E-state index in [4.69, 9.17) is 5.73 Å². The predicted molar refractivity (Wildman–Crippen MR) is 79.2 cm³/mol. The standard InChI is InChI=1S/C14H17F3N2OS/c15-14(16,17)11-8-10(18)1-2-12(11)19-13(20)7-9-3-5-21-6-4-9/h1-2,8-9H,3-7,18H2,(H,19,20). The summed E-state index contributed by atoms with van der Waals surface area (Å²) in [7, 11) is 0. The van der Waals surface area contributed by atoms with Crippen LogP contribution < -0.4 is 11.1 Å². The second-order valence-electron chi connectivity index (χ2n) is 5.11. The van der Waals surface area contributed by atoms with Crippen molar-refractivity contribution in [1.29, 1.82) is 0 Å². The molecule has 3 nitrogen and oxygen atoms in total. The van der Waals surface area contributed by atoms with Gasteiger partial charge in [0.1, 0.15) is 0 Å². The van der Waals surface area contributed by atoms with Crippen molar-refractivity contribution >= 4 is 29.0 Å². The van der Waals surface area contributed by atoms with Crippen LogP contribution in [0.4, 0.5) is 24.5 Å². The van der Waals surface area contributed by atoms with Gasteiger partial charge in [0.15, 0.2) is 0 Å². The summed E-state index contributed by atoms with van der Waals surface area (Å²) >= 11 is 1.84. The maximum Gasteiger partial charge on any atom is 0.418 e. The molecule has 0 bridgehead atoms. The maximum atomic E-state index is 12.9. The Morgan fingerprint density at radius 3 is 2.62 bits per heavy atom. The van der Waals surface area contributed by atoms with Gasteiger partial charge in [0, 0.05) is 12.1 Å². The molecule has 0 radical (unpaired) electrons. The first-order valence-corrected chi connectivity index (χ1v) is 7.86. The third-order valence-corrected chi connectivity index (χ3v) is 4.49. The number of amides is 1. The summed E-state index contributed by atoms with van der Waals surface area (Å²) < 4.78 is 38.8. The number of anilines is 2. The number of nitrogens with two attached hydrogens (primary N) is 1. The summed E-state index contributed by atoms with van der Waals surface area (Å²) in [5.41, 5.74) is 4.27. The second-order valence-corrected chi connectivity index (χ2v) is 6.34. The minimum absolute atomic E-state index is 0.0182. The first-order valence-electron chi connectivity index (χ1n) is 6.70. The number of carbonyl (C=O) groups is 1. The molecule has 0 saturated carbocycles. The van der Waals surface area contributed by atoms with Crippen molar-refractivity contribution < 1.29 is 18.0 Å². The number of halogens is 3. The predicted octanol–water partition coefficient (Wildman–Crippen LogP) is 3.76. The van der Waals surface area contributed by atoms with Crippen LogP contribution in [0.25, 0.3) is 0 Å². The number of nitrogens with one attached hydrogen (secondary N) is 1. The number of carbonyl (C=O) groups excluding carboxylic acids is 1. The quantitative estimate of drug-likeness (QED) is 0.834. The Kier molecular flexibility index (Phi) is 5.03. The Bertz CT molecular complexity index is 513. The van der Waals surface area contributed by atoms with Gasteiger partial charge in [-0.25, -0.2) is 0 Å². The molecule has 1 saturated heterocycles. The highest BCUT2D eigenvalue weighted by atomic mass is 32.2. The maximum absolute atomic E-state index is 12.9. The fourth-order valence-electron chi connectivity index (χ4n) is 2.32. The topological polar surface area (TPSA) is 55.1 Å². The minimum Gasteiger partial charge on any atom is -0.399 e. The van der Waals surface area contributed by atoms with E-state index in [2.05, 4.69) is 5.32 Å². The van der Waals surface area contributed by atoms with Gasteiger partial charge >= 0.3 is 6.18 Å². The van der Waals surface area contributed by atoms with E-state index in [9.17, 15) is 18.0 Å². The number of hydrogen-bond acceptors (Lipinski definition) is 3. The zero-order chi connectivity index (χ0) is 15.5. The Morgan fingerprint density at radius 1 is 1.33 bits per heavy atom. The number of alkyl halides is 3. The van der Waals surface area contributed by atoms with Crippen molar-refractivity contribution in [1.82, 2.24) is 0 Å². The fourth-order valence-corrected chi connectivity index (χ4v) is 3.52. The molecule has 0 atom stereocenters. The molecule has 0 spiro atoms. The number of nitrogen functional groups attached to an aromatic ring is 1. The average Bonchev–Trinajstić information content (AvgIpc) is 2.40. The molecule has 116 valence electrons. The van der Waals surface area contributed by atoms with Gasteiger partial charge in [-0.1, -0.05) is 0 Å². The minimum atomic E-state index is -4.54. The molecule has 7 heteroatoms. The van der Waals surface area contributed by atoms with E-state index in [1.165, 1.54) is 12.1 Å². The normalized spacial score (nSPS) is 16.7. The van der Waals surface area contributed by atoms with Crippen LogP contribution in [0.2, 0.25) is 0 Å². The third-order valence-electron chi connectivity index (χ3n) is 3.44. The summed E-state index contributed by atoms with van der Waals surface area (Å²) in [6, 6.07) is 3.39. The zero-order valence-electron chi connectivity index (χ0n) is 11.4. The largest absolute Gasteiger partial charge is 0.418 e. The highest BCUT2D eigenvalue weighted by molar-refractivity contribution is 7.99. The lowest BCUT2D eigenvalue weighted by molar-refractivity contribution is -0.136. The summed E-state index contributed by atoms with van der Waals surface area (Å²) in [5.74, 6) is 1.90. The second kappa shape index (κ2) is 6.60. The summed E-state index contributed by atoms with van der Waals surface area (Å²) in [6.45, 7) is 0. The van der Waals surface area contributed by atoms with E-state index in [1.807, 2.05) is 11.8 Å². The van der Waals surface area contributed by atoms with Gasteiger partial charge in [0.2, 0.25) is 5.91 Å². The molecule has 1 aliphatic heterocycles. The molecule has 0 aliphatic carbocycles. The summed E-state index contributed by atoms with van der Waals surface area (Å²) in [5, 5.41) is 2.37. The first-order chi connectivity index (χ1) is 9.86. The van der Waals surface area contributed by atoms with Gasteiger partial charge in [-0.15, -0.1) is 0 Å². The van der Waals surface area contributed by atoms with Crippen LogP contribution in [0.1, 0.15) is 24.8 Å². The highest BCUT2D eigenvalue weighted by Gasteiger charge is 2.34. The summed E-state index contributed by atoms with van der Waals surface area (Å²) in [4.78, 5) is 11.9. The van der Waals surface area contributed by atoms with Gasteiger partial charge in [0.05, 0.1) is 11.3 Å². The van der Waals surface area contributed by atoms with Crippen LogP contribution in [-0.2, 0) is 11.0 Å². The molecule has 1 fully saturated rings. The van der Waals surface area contributed by atoms with Crippen molar-refractivity contribution in [2.45, 2.75) is 25.4 Å². The van der Waals surface area contributed by atoms with Crippen molar-refractivity contribution in [2.75, 3.05) is 22.6 Å². The molecule has 0 unspecified atom stereocenters. The van der Waals surface area contributed by atoms with Gasteiger partial charge in [-0.2, -0.15) is 24.9 Å². The summed E-state index contributed by atoms with van der Waals surface area (Å²) in [6.07, 6.45) is -2.40. The monoisotopic (exact) mass is 318 g/mol. The van der Waals surface area contributed by atoms with Crippen LogP contribution in [0.15, 0.2) is 18.2 Å². The zero-order valence-corrected chi connectivity index (χ0v) is 12.2. The van der Waals surface area contributed by atoms with E-state index in [1.54, 1.807) is 0 Å². The number of benzene rings is 1. The third kappa shape index (κ3) is 4.56. The molecule has 21 heavy (non-hydrogen) atoms. The molecule has 0 aromatic heterocycles. The Morgan fingerprint density at radius 2 is 2.00 bits per heavy atom. The van der Waals surface area contributed by atoms with Crippen molar-refractivity contribution in [3.63, 3.8) is 0 Å². The smallest absolute Gasteiger partial charge is 0.399 e. The van der Waals surface area contributed by atoms with E-state index in [0.29, 0.717) is 0 Å². The Hall–Kier alpha value is -1.37. The lowest BCUT2D eigenvalue weighted by Crippen LogP contribution is -2.21. The SMILES string of the molecule is Nc1ccc(NC(=O)CC2CCSCC2)c(C(F)(F)F)c1. The average molecular weight is 318 g/mol. The van der Waals surface area contributed by atoms with Crippen LogP contribution in [-0.4, -0.2) is 17.4 Å². The van der Waals surface area contributed by atoms with Crippen LogP contribution in [0.5, 0.6) is 0 Å². The van der Waals surface area contributed by atoms with E-state index < -0.39 is 11.7 Å². The van der Waals surface area contributed by atoms with Crippen LogP contribution in [0, 0.1) is 5.92 Å². The molecule has 1 heterocycles. The first kappa shape index (κ1) is 16.0. The Labute approximate surface area is 125 Å². The molecule has 1 amide bonds. The van der Waals surface area contributed by atoms with Gasteiger partial charge < -0.3 is 11.1 Å². The van der Waals surface area contributed by atoms with Gasteiger partial charge in [-0.05, 0) is 48.5 Å². The van der Waals surface area contributed by atoms with E-state index in [0.717, 1.165) is 30.4 Å². The molecule has 1 aromatic carbocycles. The van der Waals surface area contributed by atoms with Crippen molar-refractivity contribution in [3.05, 3.63) is 23.8 Å². The lowest BCUT2D eigenvalue weighted by Gasteiger charge is -2.21. The molecule has 2 rings (SSSR count). The number of thioether (sulfide) groups is 1. The number of rotatable bonds is 3.